The molecule has 3 rings (SSSR count). The van der Waals surface area contributed by atoms with Crippen molar-refractivity contribution in [2.75, 3.05) is 46.9 Å². The van der Waals surface area contributed by atoms with Gasteiger partial charge < -0.3 is 14.4 Å². The molecule has 1 unspecified atom stereocenters. The summed E-state index contributed by atoms with van der Waals surface area (Å²) in [5, 5.41) is 0. The standard InChI is InChI=1S/C21H34N2O2/c1-4-5-6-7-8-10-22-12-13-23-11-9-17-14-20(24-2)21(25-3)15-18(17)19(23)16-22/h14-15,19H,4-13,16H2,1-3H3. The van der Waals surface area contributed by atoms with Gasteiger partial charge in [0.15, 0.2) is 11.5 Å². The zero-order valence-electron chi connectivity index (χ0n) is 16.2. The van der Waals surface area contributed by atoms with E-state index in [2.05, 4.69) is 28.9 Å². The lowest BCUT2D eigenvalue weighted by molar-refractivity contribution is 0.0660. The smallest absolute Gasteiger partial charge is 0.161 e. The Hall–Kier alpha value is -1.26. The van der Waals surface area contributed by atoms with E-state index in [1.165, 1.54) is 62.9 Å². The van der Waals surface area contributed by atoms with E-state index < -0.39 is 0 Å². The van der Waals surface area contributed by atoms with Crippen molar-refractivity contribution in [3.63, 3.8) is 0 Å². The molecule has 0 amide bonds. The lowest BCUT2D eigenvalue weighted by Gasteiger charge is -2.45. The Morgan fingerprint density at radius 3 is 2.48 bits per heavy atom. The number of unbranched alkanes of at least 4 members (excludes halogenated alkanes) is 4. The summed E-state index contributed by atoms with van der Waals surface area (Å²) < 4.78 is 11.0. The molecule has 1 fully saturated rings. The van der Waals surface area contributed by atoms with Crippen LogP contribution in [0.15, 0.2) is 12.1 Å². The van der Waals surface area contributed by atoms with Crippen LogP contribution in [0, 0.1) is 0 Å². The van der Waals surface area contributed by atoms with Gasteiger partial charge in [0.05, 0.1) is 14.2 Å². The Balaban J connectivity index is 1.66. The van der Waals surface area contributed by atoms with E-state index in [0.717, 1.165) is 31.0 Å². The van der Waals surface area contributed by atoms with Crippen LogP contribution in [0.2, 0.25) is 0 Å². The minimum atomic E-state index is 0.507. The fraction of sp³-hybridized carbons (Fsp3) is 0.714. The number of benzene rings is 1. The van der Waals surface area contributed by atoms with Crippen molar-refractivity contribution in [1.29, 1.82) is 0 Å². The second-order valence-corrected chi connectivity index (χ2v) is 7.42. The van der Waals surface area contributed by atoms with Gasteiger partial charge in [-0.15, -0.1) is 0 Å². The second-order valence-electron chi connectivity index (χ2n) is 7.42. The highest BCUT2D eigenvalue weighted by atomic mass is 16.5. The van der Waals surface area contributed by atoms with E-state index in [1.807, 2.05) is 0 Å². The summed E-state index contributed by atoms with van der Waals surface area (Å²) >= 11 is 0. The predicted molar refractivity (Wildman–Crippen MR) is 103 cm³/mol. The third-order valence-electron chi connectivity index (χ3n) is 5.83. The highest BCUT2D eigenvalue weighted by Crippen LogP contribution is 2.39. The van der Waals surface area contributed by atoms with Gasteiger partial charge >= 0.3 is 0 Å². The van der Waals surface area contributed by atoms with Crippen LogP contribution >= 0.6 is 0 Å². The molecule has 2 aliphatic heterocycles. The molecule has 4 nitrogen and oxygen atoms in total. The molecule has 1 saturated heterocycles. The number of ether oxygens (including phenoxy) is 2. The topological polar surface area (TPSA) is 24.9 Å². The van der Waals surface area contributed by atoms with Gasteiger partial charge in [-0.2, -0.15) is 0 Å². The van der Waals surface area contributed by atoms with Crippen LogP contribution < -0.4 is 9.47 Å². The predicted octanol–water partition coefficient (Wildman–Crippen LogP) is 3.89. The molecule has 2 aliphatic rings. The molecule has 4 heteroatoms. The fourth-order valence-corrected chi connectivity index (χ4v) is 4.31. The summed E-state index contributed by atoms with van der Waals surface area (Å²) in [6.07, 6.45) is 7.92. The molecule has 0 saturated carbocycles. The molecule has 1 atom stereocenters. The average molecular weight is 347 g/mol. The average Bonchev–Trinajstić information content (AvgIpc) is 2.66. The molecule has 0 aromatic heterocycles. The van der Waals surface area contributed by atoms with Crippen LogP contribution in [0.1, 0.15) is 56.2 Å². The molecule has 0 spiro atoms. The first-order chi connectivity index (χ1) is 12.3. The van der Waals surface area contributed by atoms with E-state index >= 15 is 0 Å². The van der Waals surface area contributed by atoms with Crippen molar-refractivity contribution in [1.82, 2.24) is 9.80 Å². The molecule has 1 aromatic carbocycles. The van der Waals surface area contributed by atoms with Crippen LogP contribution in [0.4, 0.5) is 0 Å². The highest BCUT2D eigenvalue weighted by molar-refractivity contribution is 5.49. The van der Waals surface area contributed by atoms with Gasteiger partial charge in [-0.3, -0.25) is 4.90 Å². The SMILES string of the molecule is CCCCCCCN1CCN2CCc3cc(OC)c(OC)cc3C2C1. The molecule has 2 heterocycles. The number of hydrogen-bond donors (Lipinski definition) is 0. The molecule has 0 bridgehead atoms. The Kier molecular flexibility index (Phi) is 6.60. The largest absolute Gasteiger partial charge is 0.493 e. The minimum absolute atomic E-state index is 0.507. The Bertz CT molecular complexity index is 561. The van der Waals surface area contributed by atoms with Crippen molar-refractivity contribution in [3.8, 4) is 11.5 Å². The molecule has 1 aromatic rings. The van der Waals surface area contributed by atoms with Crippen LogP contribution in [-0.4, -0.2) is 56.7 Å². The van der Waals surface area contributed by atoms with Gasteiger partial charge in [-0.1, -0.05) is 32.6 Å². The van der Waals surface area contributed by atoms with E-state index in [4.69, 9.17) is 9.47 Å². The quantitative estimate of drug-likeness (QED) is 0.667. The molecule has 25 heavy (non-hydrogen) atoms. The van der Waals surface area contributed by atoms with Crippen LogP contribution in [0.25, 0.3) is 0 Å². The van der Waals surface area contributed by atoms with E-state index in [-0.39, 0.29) is 0 Å². The summed E-state index contributed by atoms with van der Waals surface area (Å²) in [5.74, 6) is 1.72. The molecular formula is C21H34N2O2. The van der Waals surface area contributed by atoms with Crippen molar-refractivity contribution in [2.45, 2.75) is 51.5 Å². The lowest BCUT2D eigenvalue weighted by atomic mass is 9.90. The molecule has 0 radical (unpaired) electrons. The Morgan fingerprint density at radius 2 is 1.72 bits per heavy atom. The van der Waals surface area contributed by atoms with Gasteiger partial charge in [-0.05, 0) is 42.6 Å². The number of fused-ring (bicyclic) bond motifs is 3. The number of nitrogens with zero attached hydrogens (tertiary/aromatic N) is 2. The fourth-order valence-electron chi connectivity index (χ4n) is 4.31. The zero-order valence-corrected chi connectivity index (χ0v) is 16.2. The Morgan fingerprint density at radius 1 is 0.960 bits per heavy atom. The van der Waals surface area contributed by atoms with Crippen molar-refractivity contribution in [2.24, 2.45) is 0 Å². The van der Waals surface area contributed by atoms with Crippen molar-refractivity contribution >= 4 is 0 Å². The summed E-state index contributed by atoms with van der Waals surface area (Å²) in [4.78, 5) is 5.32. The Labute approximate surface area is 153 Å². The molecule has 140 valence electrons. The zero-order chi connectivity index (χ0) is 17.6. The number of piperazine rings is 1. The summed E-state index contributed by atoms with van der Waals surface area (Å²) in [6.45, 7) is 8.24. The second kappa shape index (κ2) is 8.91. The van der Waals surface area contributed by atoms with Gasteiger partial charge in [0.25, 0.3) is 0 Å². The third kappa shape index (κ3) is 4.29. The van der Waals surface area contributed by atoms with Crippen LogP contribution in [0.3, 0.4) is 0 Å². The molecule has 0 aliphatic carbocycles. The van der Waals surface area contributed by atoms with Crippen molar-refractivity contribution in [3.05, 3.63) is 23.3 Å². The minimum Gasteiger partial charge on any atom is -0.493 e. The third-order valence-corrected chi connectivity index (χ3v) is 5.83. The lowest BCUT2D eigenvalue weighted by Crippen LogP contribution is -2.51. The van der Waals surface area contributed by atoms with E-state index in [1.54, 1.807) is 14.2 Å². The van der Waals surface area contributed by atoms with Gasteiger partial charge in [0, 0.05) is 32.2 Å². The normalized spacial score (nSPS) is 20.8. The first-order valence-electron chi connectivity index (χ1n) is 9.98. The maximum absolute atomic E-state index is 5.55. The number of methoxy groups -OCH3 is 2. The maximum Gasteiger partial charge on any atom is 0.161 e. The van der Waals surface area contributed by atoms with Crippen LogP contribution in [0.5, 0.6) is 11.5 Å². The number of rotatable bonds is 8. The molecular weight excluding hydrogens is 312 g/mol. The molecule has 0 N–H and O–H groups in total. The van der Waals surface area contributed by atoms with E-state index in [0.29, 0.717) is 6.04 Å². The van der Waals surface area contributed by atoms with E-state index in [9.17, 15) is 0 Å². The first kappa shape index (κ1) is 18.5. The summed E-state index contributed by atoms with van der Waals surface area (Å²) in [7, 11) is 3.45. The van der Waals surface area contributed by atoms with Crippen LogP contribution in [-0.2, 0) is 6.42 Å². The maximum atomic E-state index is 5.55. The first-order valence-corrected chi connectivity index (χ1v) is 9.98. The summed E-state index contributed by atoms with van der Waals surface area (Å²) in [5.41, 5.74) is 2.88. The van der Waals surface area contributed by atoms with Gasteiger partial charge in [0.2, 0.25) is 0 Å². The number of hydrogen-bond acceptors (Lipinski definition) is 4. The van der Waals surface area contributed by atoms with Crippen molar-refractivity contribution < 1.29 is 9.47 Å². The highest BCUT2D eigenvalue weighted by Gasteiger charge is 2.33. The monoisotopic (exact) mass is 346 g/mol. The van der Waals surface area contributed by atoms with Gasteiger partial charge in [-0.25, -0.2) is 0 Å². The summed E-state index contributed by atoms with van der Waals surface area (Å²) in [6, 6.07) is 4.92. The van der Waals surface area contributed by atoms with Gasteiger partial charge in [0.1, 0.15) is 0 Å².